The Hall–Kier alpha value is -1.51. The number of ether oxygens (including phenoxy) is 1. The fourth-order valence-corrected chi connectivity index (χ4v) is 3.50. The van der Waals surface area contributed by atoms with Crippen molar-refractivity contribution in [1.82, 2.24) is 5.32 Å². The van der Waals surface area contributed by atoms with E-state index in [2.05, 4.69) is 12.2 Å². The quantitative estimate of drug-likeness (QED) is 0.759. The Morgan fingerprint density at radius 3 is 2.00 bits per heavy atom. The molecule has 140 valence electrons. The molecule has 1 aromatic carbocycles. The smallest absolute Gasteiger partial charge is 0.223 e. The summed E-state index contributed by atoms with van der Waals surface area (Å²) in [5.74, 6) is 0.966. The van der Waals surface area contributed by atoms with Crippen LogP contribution in [-0.2, 0) is 4.79 Å². The number of hydrogen-bond acceptors (Lipinski definition) is 2. The van der Waals surface area contributed by atoms with E-state index in [1.165, 1.54) is 63.4 Å². The Bertz CT molecular complexity index is 471. The van der Waals surface area contributed by atoms with Crippen molar-refractivity contribution in [1.29, 1.82) is 0 Å². The summed E-state index contributed by atoms with van der Waals surface area (Å²) in [5, 5.41) is 3.25. The lowest BCUT2D eigenvalue weighted by Crippen LogP contribution is -2.35. The molecule has 3 nitrogen and oxygen atoms in total. The van der Waals surface area contributed by atoms with Crippen LogP contribution in [0.1, 0.15) is 82.6 Å². The van der Waals surface area contributed by atoms with Crippen molar-refractivity contribution in [3.05, 3.63) is 29.8 Å². The molecular weight excluding hydrogens is 310 g/mol. The first-order valence-electron chi connectivity index (χ1n) is 10.2. The van der Waals surface area contributed by atoms with Crippen molar-refractivity contribution < 1.29 is 9.53 Å². The van der Waals surface area contributed by atoms with E-state index >= 15 is 0 Å². The van der Waals surface area contributed by atoms with Gasteiger partial charge in [-0.1, -0.05) is 75.5 Å². The fraction of sp³-hybridized carbons (Fsp3) is 0.682. The number of hydrogen-bond donors (Lipinski definition) is 1. The second-order valence-electron chi connectivity index (χ2n) is 7.44. The maximum Gasteiger partial charge on any atom is 0.223 e. The highest BCUT2D eigenvalue weighted by molar-refractivity contribution is 5.76. The van der Waals surface area contributed by atoms with Crippen LogP contribution in [0, 0.1) is 6.92 Å². The van der Waals surface area contributed by atoms with Crippen molar-refractivity contribution in [2.75, 3.05) is 6.61 Å². The summed E-state index contributed by atoms with van der Waals surface area (Å²) in [6, 6.07) is 8.33. The molecule has 3 heteroatoms. The molecule has 1 N–H and O–H groups in total. The topological polar surface area (TPSA) is 38.3 Å². The van der Waals surface area contributed by atoms with Crippen LogP contribution in [0.2, 0.25) is 0 Å². The van der Waals surface area contributed by atoms with Crippen molar-refractivity contribution in [3.63, 3.8) is 0 Å². The first kappa shape index (κ1) is 19.8. The number of carbonyl (C=O) groups excluding carboxylic acids is 1. The summed E-state index contributed by atoms with van der Waals surface area (Å²) in [6.07, 6.45) is 14.7. The molecule has 1 aromatic rings. The van der Waals surface area contributed by atoms with Crippen LogP contribution in [0.5, 0.6) is 5.75 Å². The third kappa shape index (κ3) is 8.94. The molecule has 0 atom stereocenters. The molecule has 0 spiro atoms. The van der Waals surface area contributed by atoms with Crippen LogP contribution in [0.15, 0.2) is 24.3 Å². The standard InChI is InChI=1S/C22H35NO2/c1-19-13-15-21(16-14-19)25-18-17-22(24)23-20-11-9-7-5-3-2-4-6-8-10-12-20/h13-16,20H,2-12,17-18H2,1H3,(H,23,24). The van der Waals surface area contributed by atoms with E-state index in [1.807, 2.05) is 24.3 Å². The molecule has 1 amide bonds. The molecule has 0 unspecified atom stereocenters. The third-order valence-electron chi connectivity index (χ3n) is 5.09. The summed E-state index contributed by atoms with van der Waals surface area (Å²) in [6.45, 7) is 2.50. The van der Waals surface area contributed by atoms with Gasteiger partial charge < -0.3 is 10.1 Å². The molecule has 0 radical (unpaired) electrons. The van der Waals surface area contributed by atoms with Crippen LogP contribution in [0.25, 0.3) is 0 Å². The predicted molar refractivity (Wildman–Crippen MR) is 104 cm³/mol. The molecule has 0 heterocycles. The highest BCUT2D eigenvalue weighted by atomic mass is 16.5. The second-order valence-corrected chi connectivity index (χ2v) is 7.44. The summed E-state index contributed by atoms with van der Waals surface area (Å²) >= 11 is 0. The van der Waals surface area contributed by atoms with Gasteiger partial charge in [0.25, 0.3) is 0 Å². The van der Waals surface area contributed by atoms with Gasteiger partial charge >= 0.3 is 0 Å². The number of aryl methyl sites for hydroxylation is 1. The lowest BCUT2D eigenvalue weighted by atomic mass is 9.98. The van der Waals surface area contributed by atoms with Gasteiger partial charge in [-0.15, -0.1) is 0 Å². The zero-order chi connectivity index (χ0) is 17.7. The molecule has 1 aliphatic carbocycles. The lowest BCUT2D eigenvalue weighted by molar-refractivity contribution is -0.122. The van der Waals surface area contributed by atoms with Gasteiger partial charge in [0.15, 0.2) is 0 Å². The largest absolute Gasteiger partial charge is 0.493 e. The summed E-state index contributed by atoms with van der Waals surface area (Å²) < 4.78 is 5.67. The Morgan fingerprint density at radius 1 is 0.920 bits per heavy atom. The minimum atomic E-state index is 0.129. The van der Waals surface area contributed by atoms with E-state index in [1.54, 1.807) is 0 Å². The van der Waals surface area contributed by atoms with Crippen LogP contribution < -0.4 is 10.1 Å². The van der Waals surface area contributed by atoms with Crippen molar-refractivity contribution in [3.8, 4) is 5.75 Å². The van der Waals surface area contributed by atoms with E-state index in [9.17, 15) is 4.79 Å². The first-order chi connectivity index (χ1) is 12.2. The summed E-state index contributed by atoms with van der Waals surface area (Å²) in [4.78, 5) is 12.2. The van der Waals surface area contributed by atoms with Gasteiger partial charge in [0.1, 0.15) is 5.75 Å². The normalized spacial score (nSPS) is 18.0. The molecule has 2 rings (SSSR count). The summed E-state index contributed by atoms with van der Waals surface area (Å²) in [7, 11) is 0. The van der Waals surface area contributed by atoms with Gasteiger partial charge in [-0.3, -0.25) is 4.79 Å². The van der Waals surface area contributed by atoms with Crippen LogP contribution in [-0.4, -0.2) is 18.6 Å². The minimum Gasteiger partial charge on any atom is -0.493 e. The zero-order valence-corrected chi connectivity index (χ0v) is 15.9. The molecule has 1 aliphatic rings. The van der Waals surface area contributed by atoms with Crippen molar-refractivity contribution >= 4 is 5.91 Å². The van der Waals surface area contributed by atoms with Gasteiger partial charge in [-0.05, 0) is 31.9 Å². The van der Waals surface area contributed by atoms with E-state index in [0.29, 0.717) is 19.1 Å². The average molecular weight is 346 g/mol. The zero-order valence-electron chi connectivity index (χ0n) is 15.9. The number of benzene rings is 1. The highest BCUT2D eigenvalue weighted by Crippen LogP contribution is 2.17. The number of rotatable bonds is 5. The van der Waals surface area contributed by atoms with Gasteiger partial charge in [0, 0.05) is 6.04 Å². The Kier molecular flexibility index (Phi) is 9.46. The predicted octanol–water partition coefficient (Wildman–Crippen LogP) is 5.55. The second kappa shape index (κ2) is 11.9. The maximum absolute atomic E-state index is 12.2. The molecular formula is C22H35NO2. The number of carbonyl (C=O) groups is 1. The number of nitrogens with one attached hydrogen (secondary N) is 1. The molecule has 0 aliphatic heterocycles. The molecule has 1 fully saturated rings. The van der Waals surface area contributed by atoms with Gasteiger partial charge in [-0.25, -0.2) is 0 Å². The van der Waals surface area contributed by atoms with Gasteiger partial charge in [-0.2, -0.15) is 0 Å². The molecule has 25 heavy (non-hydrogen) atoms. The molecule has 0 bridgehead atoms. The van der Waals surface area contributed by atoms with E-state index in [-0.39, 0.29) is 5.91 Å². The van der Waals surface area contributed by atoms with E-state index in [0.717, 1.165) is 18.6 Å². The SMILES string of the molecule is Cc1ccc(OCCC(=O)NC2CCCCCCCCCCC2)cc1. The third-order valence-corrected chi connectivity index (χ3v) is 5.09. The van der Waals surface area contributed by atoms with Crippen molar-refractivity contribution in [2.24, 2.45) is 0 Å². The van der Waals surface area contributed by atoms with Crippen LogP contribution in [0.3, 0.4) is 0 Å². The van der Waals surface area contributed by atoms with E-state index < -0.39 is 0 Å². The van der Waals surface area contributed by atoms with Gasteiger partial charge in [0.2, 0.25) is 5.91 Å². The van der Waals surface area contributed by atoms with Crippen LogP contribution >= 0.6 is 0 Å². The highest BCUT2D eigenvalue weighted by Gasteiger charge is 2.12. The molecule has 0 aromatic heterocycles. The first-order valence-corrected chi connectivity index (χ1v) is 10.2. The minimum absolute atomic E-state index is 0.129. The Balaban J connectivity index is 1.67. The van der Waals surface area contributed by atoms with Crippen molar-refractivity contribution in [2.45, 2.75) is 90.0 Å². The van der Waals surface area contributed by atoms with E-state index in [4.69, 9.17) is 4.74 Å². The lowest BCUT2D eigenvalue weighted by Gasteiger charge is -2.19. The molecule has 1 saturated carbocycles. The van der Waals surface area contributed by atoms with Crippen LogP contribution in [0.4, 0.5) is 0 Å². The van der Waals surface area contributed by atoms with Gasteiger partial charge in [0.05, 0.1) is 13.0 Å². The average Bonchev–Trinajstić information content (AvgIpc) is 2.59. The fourth-order valence-electron chi connectivity index (χ4n) is 3.50. The Labute approximate surface area is 153 Å². The summed E-state index contributed by atoms with van der Waals surface area (Å²) in [5.41, 5.74) is 1.22. The molecule has 0 saturated heterocycles. The maximum atomic E-state index is 12.2. The monoisotopic (exact) mass is 345 g/mol. The Morgan fingerprint density at radius 2 is 1.44 bits per heavy atom. The number of amides is 1.